The Bertz CT molecular complexity index is 363. The van der Waals surface area contributed by atoms with Crippen LogP contribution in [0.1, 0.15) is 20.3 Å². The summed E-state index contributed by atoms with van der Waals surface area (Å²) in [5.74, 6) is 0.961. The van der Waals surface area contributed by atoms with Crippen LogP contribution in [-0.2, 0) is 0 Å². The molecule has 0 aromatic heterocycles. The van der Waals surface area contributed by atoms with Crippen LogP contribution in [0.2, 0.25) is 0 Å². The standard InChI is InChI=1S/C13H20N2O/c1-3-16-12-7-5-4-6-11(12)15-9-8-13(2,14)10-15/h4-7H,3,8-10,14H2,1-2H3. The maximum Gasteiger partial charge on any atom is 0.142 e. The second-order valence-electron chi connectivity index (χ2n) is 4.73. The highest BCUT2D eigenvalue weighted by Gasteiger charge is 2.30. The number of hydrogen-bond acceptors (Lipinski definition) is 3. The van der Waals surface area contributed by atoms with E-state index in [2.05, 4.69) is 17.9 Å². The van der Waals surface area contributed by atoms with E-state index in [0.717, 1.165) is 25.3 Å². The van der Waals surface area contributed by atoms with Gasteiger partial charge in [-0.15, -0.1) is 0 Å². The highest BCUT2D eigenvalue weighted by molar-refractivity contribution is 5.59. The zero-order chi connectivity index (χ0) is 11.6. The molecule has 1 heterocycles. The third kappa shape index (κ3) is 2.30. The van der Waals surface area contributed by atoms with Crippen LogP contribution in [0.5, 0.6) is 5.75 Å². The maximum atomic E-state index is 6.15. The lowest BCUT2D eigenvalue weighted by Crippen LogP contribution is -2.39. The molecule has 0 saturated carbocycles. The van der Waals surface area contributed by atoms with Crippen molar-refractivity contribution in [2.75, 3.05) is 24.6 Å². The van der Waals surface area contributed by atoms with Crippen molar-refractivity contribution in [3.05, 3.63) is 24.3 Å². The normalized spacial score (nSPS) is 24.8. The van der Waals surface area contributed by atoms with E-state index >= 15 is 0 Å². The lowest BCUT2D eigenvalue weighted by Gasteiger charge is -2.23. The number of anilines is 1. The molecule has 1 aromatic carbocycles. The molecule has 2 N–H and O–H groups in total. The first-order valence-electron chi connectivity index (χ1n) is 5.88. The summed E-state index contributed by atoms with van der Waals surface area (Å²) in [5, 5.41) is 0. The Morgan fingerprint density at radius 3 is 2.81 bits per heavy atom. The van der Waals surface area contributed by atoms with Gasteiger partial charge >= 0.3 is 0 Å². The molecule has 1 fully saturated rings. The van der Waals surface area contributed by atoms with E-state index in [4.69, 9.17) is 10.5 Å². The molecule has 88 valence electrons. The number of benzene rings is 1. The fraction of sp³-hybridized carbons (Fsp3) is 0.538. The summed E-state index contributed by atoms with van der Waals surface area (Å²) in [6, 6.07) is 8.17. The minimum Gasteiger partial charge on any atom is -0.492 e. The number of hydrogen-bond donors (Lipinski definition) is 1. The van der Waals surface area contributed by atoms with Crippen molar-refractivity contribution in [2.24, 2.45) is 5.73 Å². The van der Waals surface area contributed by atoms with Crippen LogP contribution >= 0.6 is 0 Å². The first-order valence-corrected chi connectivity index (χ1v) is 5.88. The Morgan fingerprint density at radius 2 is 2.19 bits per heavy atom. The van der Waals surface area contributed by atoms with Crippen molar-refractivity contribution < 1.29 is 4.74 Å². The molecule has 1 aliphatic heterocycles. The van der Waals surface area contributed by atoms with Crippen LogP contribution < -0.4 is 15.4 Å². The molecule has 0 radical (unpaired) electrons. The highest BCUT2D eigenvalue weighted by atomic mass is 16.5. The van der Waals surface area contributed by atoms with E-state index in [0.29, 0.717) is 6.61 Å². The van der Waals surface area contributed by atoms with Gasteiger partial charge in [-0.25, -0.2) is 0 Å². The Hall–Kier alpha value is -1.22. The van der Waals surface area contributed by atoms with Crippen LogP contribution in [-0.4, -0.2) is 25.2 Å². The zero-order valence-corrected chi connectivity index (χ0v) is 10.1. The minimum atomic E-state index is -0.0701. The van der Waals surface area contributed by atoms with E-state index in [-0.39, 0.29) is 5.54 Å². The number of ether oxygens (including phenoxy) is 1. The molecule has 0 aliphatic carbocycles. The molecular formula is C13H20N2O. The van der Waals surface area contributed by atoms with Crippen molar-refractivity contribution in [2.45, 2.75) is 25.8 Å². The largest absolute Gasteiger partial charge is 0.492 e. The SMILES string of the molecule is CCOc1ccccc1N1CCC(C)(N)C1. The smallest absolute Gasteiger partial charge is 0.142 e. The van der Waals surface area contributed by atoms with E-state index < -0.39 is 0 Å². The van der Waals surface area contributed by atoms with Crippen LogP contribution in [0, 0.1) is 0 Å². The zero-order valence-electron chi connectivity index (χ0n) is 10.1. The Kier molecular flexibility index (Phi) is 3.06. The fourth-order valence-corrected chi connectivity index (χ4v) is 2.19. The van der Waals surface area contributed by atoms with Gasteiger partial charge in [0.05, 0.1) is 12.3 Å². The van der Waals surface area contributed by atoms with Crippen molar-refractivity contribution in [3.8, 4) is 5.75 Å². The number of rotatable bonds is 3. The van der Waals surface area contributed by atoms with Crippen LogP contribution in [0.4, 0.5) is 5.69 Å². The molecule has 0 spiro atoms. The first-order chi connectivity index (χ1) is 7.62. The minimum absolute atomic E-state index is 0.0701. The van der Waals surface area contributed by atoms with Crippen molar-refractivity contribution >= 4 is 5.69 Å². The molecule has 1 aliphatic rings. The third-order valence-corrected chi connectivity index (χ3v) is 3.01. The quantitative estimate of drug-likeness (QED) is 0.847. The summed E-state index contributed by atoms with van der Waals surface area (Å²) in [5.41, 5.74) is 7.24. The Morgan fingerprint density at radius 1 is 1.44 bits per heavy atom. The van der Waals surface area contributed by atoms with Gasteiger partial charge in [0.25, 0.3) is 0 Å². The number of nitrogens with two attached hydrogens (primary N) is 1. The van der Waals surface area contributed by atoms with Crippen LogP contribution in [0.3, 0.4) is 0 Å². The number of nitrogens with zero attached hydrogens (tertiary/aromatic N) is 1. The van der Waals surface area contributed by atoms with Gasteiger partial charge in [-0.05, 0) is 32.4 Å². The summed E-state index contributed by atoms with van der Waals surface area (Å²) in [6.45, 7) is 6.73. The van der Waals surface area contributed by atoms with Gasteiger partial charge in [-0.3, -0.25) is 0 Å². The molecule has 16 heavy (non-hydrogen) atoms. The topological polar surface area (TPSA) is 38.5 Å². The van der Waals surface area contributed by atoms with E-state index in [1.165, 1.54) is 5.69 Å². The van der Waals surface area contributed by atoms with Crippen LogP contribution in [0.25, 0.3) is 0 Å². The van der Waals surface area contributed by atoms with Gasteiger partial charge < -0.3 is 15.4 Å². The summed E-state index contributed by atoms with van der Waals surface area (Å²) in [4.78, 5) is 2.31. The average Bonchev–Trinajstić information content (AvgIpc) is 2.60. The molecule has 3 heteroatoms. The van der Waals surface area contributed by atoms with Gasteiger partial charge in [-0.2, -0.15) is 0 Å². The lowest BCUT2D eigenvalue weighted by molar-refractivity contribution is 0.340. The van der Waals surface area contributed by atoms with Crippen LogP contribution in [0.15, 0.2) is 24.3 Å². The molecular weight excluding hydrogens is 200 g/mol. The van der Waals surface area contributed by atoms with Gasteiger partial charge in [0, 0.05) is 18.6 Å². The first kappa shape index (κ1) is 11.3. The molecule has 0 bridgehead atoms. The summed E-state index contributed by atoms with van der Waals surface area (Å²) in [7, 11) is 0. The molecule has 1 saturated heterocycles. The van der Waals surface area contributed by atoms with E-state index in [9.17, 15) is 0 Å². The second-order valence-corrected chi connectivity index (χ2v) is 4.73. The summed E-state index contributed by atoms with van der Waals surface area (Å²) in [6.07, 6.45) is 1.04. The number of para-hydroxylation sites is 2. The third-order valence-electron chi connectivity index (χ3n) is 3.01. The molecule has 1 atom stereocenters. The van der Waals surface area contributed by atoms with Gasteiger partial charge in [0.2, 0.25) is 0 Å². The average molecular weight is 220 g/mol. The Balaban J connectivity index is 2.20. The predicted octanol–water partition coefficient (Wildman–Crippen LogP) is 2.01. The van der Waals surface area contributed by atoms with Gasteiger partial charge in [0.1, 0.15) is 5.75 Å². The summed E-state index contributed by atoms with van der Waals surface area (Å²) >= 11 is 0. The Labute approximate surface area is 97.2 Å². The molecule has 1 aromatic rings. The molecule has 2 rings (SSSR count). The van der Waals surface area contributed by atoms with E-state index in [1.54, 1.807) is 0 Å². The maximum absolute atomic E-state index is 6.15. The highest BCUT2D eigenvalue weighted by Crippen LogP contribution is 2.32. The molecule has 0 amide bonds. The fourth-order valence-electron chi connectivity index (χ4n) is 2.19. The summed E-state index contributed by atoms with van der Waals surface area (Å²) < 4.78 is 5.64. The van der Waals surface area contributed by atoms with Crippen molar-refractivity contribution in [3.63, 3.8) is 0 Å². The van der Waals surface area contributed by atoms with E-state index in [1.807, 2.05) is 25.1 Å². The molecule has 3 nitrogen and oxygen atoms in total. The van der Waals surface area contributed by atoms with Crippen molar-refractivity contribution in [1.82, 2.24) is 0 Å². The second kappa shape index (κ2) is 4.34. The van der Waals surface area contributed by atoms with Gasteiger partial charge in [-0.1, -0.05) is 12.1 Å². The van der Waals surface area contributed by atoms with Gasteiger partial charge in [0.15, 0.2) is 0 Å². The van der Waals surface area contributed by atoms with Crippen molar-refractivity contribution in [1.29, 1.82) is 0 Å². The monoisotopic (exact) mass is 220 g/mol. The lowest BCUT2D eigenvalue weighted by atomic mass is 10.0. The predicted molar refractivity (Wildman–Crippen MR) is 67.0 cm³/mol. The molecule has 1 unspecified atom stereocenters.